The molecule has 1 aliphatic heterocycles. The van der Waals surface area contributed by atoms with Crippen molar-refractivity contribution in [2.75, 3.05) is 18.5 Å². The minimum atomic E-state index is 0.106. The van der Waals surface area contributed by atoms with E-state index in [-0.39, 0.29) is 11.6 Å². The van der Waals surface area contributed by atoms with Gasteiger partial charge < -0.3 is 14.6 Å². The zero-order valence-corrected chi connectivity index (χ0v) is 11.7. The van der Waals surface area contributed by atoms with Crippen LogP contribution in [0.1, 0.15) is 39.2 Å². The molecule has 19 heavy (non-hydrogen) atoms. The van der Waals surface area contributed by atoms with E-state index in [9.17, 15) is 4.79 Å². The van der Waals surface area contributed by atoms with Gasteiger partial charge in [0.2, 0.25) is 0 Å². The number of hydrogen-bond acceptors (Lipinski definition) is 3. The van der Waals surface area contributed by atoms with Crippen molar-refractivity contribution in [3.63, 3.8) is 0 Å². The Labute approximate surface area is 113 Å². The predicted octanol–water partition coefficient (Wildman–Crippen LogP) is 2.41. The summed E-state index contributed by atoms with van der Waals surface area (Å²) in [7, 11) is 0. The lowest BCUT2D eigenvalue weighted by molar-refractivity contribution is 0.0425. The molecule has 2 heterocycles. The lowest BCUT2D eigenvalue weighted by Gasteiger charge is -2.45. The topological polar surface area (TPSA) is 43.3 Å². The first-order chi connectivity index (χ1) is 9.10. The van der Waals surface area contributed by atoms with Gasteiger partial charge in [-0.05, 0) is 50.7 Å². The highest BCUT2D eigenvalue weighted by Crippen LogP contribution is 2.52. The molecule has 1 saturated carbocycles. The van der Waals surface area contributed by atoms with Crippen LogP contribution in [0.3, 0.4) is 0 Å². The zero-order valence-electron chi connectivity index (χ0n) is 11.7. The Morgan fingerprint density at radius 1 is 1.47 bits per heavy atom. The van der Waals surface area contributed by atoms with E-state index >= 15 is 0 Å². The molecule has 3 rings (SSSR count). The van der Waals surface area contributed by atoms with E-state index in [0.717, 1.165) is 32.5 Å². The Balaban J connectivity index is 1.77. The highest BCUT2D eigenvalue weighted by atomic mass is 16.5. The minimum Gasteiger partial charge on any atom is -0.381 e. The van der Waals surface area contributed by atoms with Crippen LogP contribution in [0, 0.1) is 5.41 Å². The smallest absolute Gasteiger partial charge is 0.274 e. The van der Waals surface area contributed by atoms with Crippen molar-refractivity contribution in [3.05, 3.63) is 28.7 Å². The number of hydrogen-bond donors (Lipinski definition) is 1. The Morgan fingerprint density at radius 3 is 2.89 bits per heavy atom. The maximum Gasteiger partial charge on any atom is 0.274 e. The fourth-order valence-electron chi connectivity index (χ4n) is 3.33. The Morgan fingerprint density at radius 2 is 2.26 bits per heavy atom. The summed E-state index contributed by atoms with van der Waals surface area (Å²) in [5, 5.41) is 3.22. The summed E-state index contributed by atoms with van der Waals surface area (Å²) >= 11 is 0. The molecule has 2 fully saturated rings. The van der Waals surface area contributed by atoms with Crippen LogP contribution < -0.4 is 10.9 Å². The van der Waals surface area contributed by atoms with Gasteiger partial charge in [0.05, 0.1) is 6.61 Å². The largest absolute Gasteiger partial charge is 0.381 e. The Hall–Kier alpha value is -1.29. The molecule has 0 radical (unpaired) electrons. The molecule has 1 saturated heterocycles. The summed E-state index contributed by atoms with van der Waals surface area (Å²) in [4.78, 5) is 12.4. The number of ether oxygens (including phenoxy) is 1. The quantitative estimate of drug-likeness (QED) is 0.909. The molecule has 0 atom stereocenters. The van der Waals surface area contributed by atoms with Crippen LogP contribution in [0.5, 0.6) is 0 Å². The van der Waals surface area contributed by atoms with Gasteiger partial charge in [-0.25, -0.2) is 0 Å². The molecule has 0 aromatic carbocycles. The minimum absolute atomic E-state index is 0.106. The first kappa shape index (κ1) is 12.7. The van der Waals surface area contributed by atoms with Gasteiger partial charge >= 0.3 is 0 Å². The summed E-state index contributed by atoms with van der Waals surface area (Å²) < 4.78 is 7.39. The van der Waals surface area contributed by atoms with Gasteiger partial charge in [0.25, 0.3) is 5.56 Å². The molecule has 1 spiro atoms. The molecular weight excluding hydrogens is 240 g/mol. The summed E-state index contributed by atoms with van der Waals surface area (Å²) in [5.41, 5.74) is 1.18. The SMILES string of the molecule is CC(C)Nc1cccn(C2CC3(CCOC3)C2)c1=O. The van der Waals surface area contributed by atoms with Crippen LogP contribution in [-0.4, -0.2) is 23.8 Å². The monoisotopic (exact) mass is 262 g/mol. The molecule has 1 N–H and O–H groups in total. The van der Waals surface area contributed by atoms with Crippen molar-refractivity contribution in [3.8, 4) is 0 Å². The third-order valence-corrected chi connectivity index (χ3v) is 4.33. The molecule has 0 unspecified atom stereocenters. The molecule has 1 aromatic rings. The summed E-state index contributed by atoms with van der Waals surface area (Å²) in [6.07, 6.45) is 5.24. The molecule has 0 bridgehead atoms. The zero-order chi connectivity index (χ0) is 13.5. The highest BCUT2D eigenvalue weighted by molar-refractivity contribution is 5.41. The highest BCUT2D eigenvalue weighted by Gasteiger charge is 2.47. The van der Waals surface area contributed by atoms with Gasteiger partial charge in [0.1, 0.15) is 5.69 Å². The van der Waals surface area contributed by atoms with Crippen molar-refractivity contribution in [2.24, 2.45) is 5.41 Å². The average Bonchev–Trinajstić information content (AvgIpc) is 2.79. The van der Waals surface area contributed by atoms with E-state index in [0.29, 0.717) is 17.1 Å². The van der Waals surface area contributed by atoms with Crippen molar-refractivity contribution in [2.45, 2.75) is 45.2 Å². The summed E-state index contributed by atoms with van der Waals surface area (Å²) in [6.45, 7) is 5.86. The van der Waals surface area contributed by atoms with E-state index < -0.39 is 0 Å². The summed E-state index contributed by atoms with van der Waals surface area (Å²) in [6, 6.07) is 4.46. The predicted molar refractivity (Wildman–Crippen MR) is 75.6 cm³/mol. The Kier molecular flexibility index (Phi) is 3.13. The first-order valence-corrected chi connectivity index (χ1v) is 7.15. The van der Waals surface area contributed by atoms with Crippen LogP contribution in [0.4, 0.5) is 5.69 Å². The van der Waals surface area contributed by atoms with Crippen molar-refractivity contribution in [1.29, 1.82) is 0 Å². The van der Waals surface area contributed by atoms with E-state index in [1.165, 1.54) is 0 Å². The third-order valence-electron chi connectivity index (χ3n) is 4.33. The number of aromatic nitrogens is 1. The second kappa shape index (κ2) is 4.67. The van der Waals surface area contributed by atoms with Crippen molar-refractivity contribution in [1.82, 2.24) is 4.57 Å². The summed E-state index contributed by atoms with van der Waals surface area (Å²) in [5.74, 6) is 0. The fourth-order valence-corrected chi connectivity index (χ4v) is 3.33. The lowest BCUT2D eigenvalue weighted by Crippen LogP contribution is -2.42. The normalized spacial score (nSPS) is 29.7. The van der Waals surface area contributed by atoms with Crippen LogP contribution in [-0.2, 0) is 4.74 Å². The van der Waals surface area contributed by atoms with Gasteiger partial charge in [-0.15, -0.1) is 0 Å². The van der Waals surface area contributed by atoms with Crippen LogP contribution in [0.25, 0.3) is 0 Å². The van der Waals surface area contributed by atoms with Gasteiger partial charge in [0.15, 0.2) is 0 Å². The number of anilines is 1. The van der Waals surface area contributed by atoms with E-state index in [1.54, 1.807) is 0 Å². The lowest BCUT2D eigenvalue weighted by atomic mass is 9.65. The Bertz CT molecular complexity index is 507. The maximum absolute atomic E-state index is 12.4. The molecular formula is C15H22N2O2. The molecule has 2 aliphatic rings. The maximum atomic E-state index is 12.4. The van der Waals surface area contributed by atoms with Gasteiger partial charge in [-0.2, -0.15) is 0 Å². The second-order valence-electron chi connectivity index (χ2n) is 6.30. The number of nitrogens with zero attached hydrogens (tertiary/aromatic N) is 1. The van der Waals surface area contributed by atoms with Crippen LogP contribution in [0.2, 0.25) is 0 Å². The molecule has 4 heteroatoms. The van der Waals surface area contributed by atoms with Gasteiger partial charge in [-0.3, -0.25) is 4.79 Å². The fraction of sp³-hybridized carbons (Fsp3) is 0.667. The van der Waals surface area contributed by atoms with E-state index in [2.05, 4.69) is 5.32 Å². The van der Waals surface area contributed by atoms with Crippen LogP contribution in [0.15, 0.2) is 23.1 Å². The second-order valence-corrected chi connectivity index (χ2v) is 6.30. The number of pyridine rings is 1. The first-order valence-electron chi connectivity index (χ1n) is 7.15. The molecule has 1 aliphatic carbocycles. The van der Waals surface area contributed by atoms with E-state index in [4.69, 9.17) is 4.74 Å². The van der Waals surface area contributed by atoms with Crippen LogP contribution >= 0.6 is 0 Å². The molecule has 0 amide bonds. The van der Waals surface area contributed by atoms with Crippen molar-refractivity contribution < 1.29 is 4.74 Å². The van der Waals surface area contributed by atoms with E-state index in [1.807, 2.05) is 36.7 Å². The molecule has 104 valence electrons. The molecule has 4 nitrogen and oxygen atoms in total. The van der Waals surface area contributed by atoms with Crippen molar-refractivity contribution >= 4 is 5.69 Å². The van der Waals surface area contributed by atoms with Gasteiger partial charge in [-0.1, -0.05) is 0 Å². The number of nitrogens with one attached hydrogen (secondary N) is 1. The average molecular weight is 262 g/mol. The number of rotatable bonds is 3. The van der Waals surface area contributed by atoms with Gasteiger partial charge in [0, 0.05) is 24.9 Å². The standard InChI is InChI=1S/C15H22N2O2/c1-11(2)16-13-4-3-6-17(14(13)18)12-8-15(9-12)5-7-19-10-15/h3-4,6,11-12,16H,5,7-10H2,1-2H3. The third kappa shape index (κ3) is 2.29. The molecule has 1 aromatic heterocycles.